The summed E-state index contributed by atoms with van der Waals surface area (Å²) in [6.07, 6.45) is 0.805. The first-order chi connectivity index (χ1) is 7.63. The Bertz CT molecular complexity index is 347. The molecule has 1 heterocycles. The van der Waals surface area contributed by atoms with Crippen LogP contribution in [0.5, 0.6) is 0 Å². The average Bonchev–Trinajstić information content (AvgIpc) is 2.32. The summed E-state index contributed by atoms with van der Waals surface area (Å²) in [7, 11) is 0. The van der Waals surface area contributed by atoms with E-state index in [9.17, 15) is 4.39 Å². The SMILES string of the molecule is OCC1(F)CCN(c2ccc(Br)cc2)CC1. The van der Waals surface area contributed by atoms with E-state index in [1.54, 1.807) is 0 Å². The van der Waals surface area contributed by atoms with Crippen molar-refractivity contribution in [2.75, 3.05) is 24.6 Å². The third-order valence-electron chi connectivity index (χ3n) is 3.13. The molecule has 0 atom stereocenters. The van der Waals surface area contributed by atoms with Crippen molar-refractivity contribution >= 4 is 21.6 Å². The quantitative estimate of drug-likeness (QED) is 0.904. The molecule has 2 nitrogen and oxygen atoms in total. The number of aliphatic hydroxyl groups is 1. The molecule has 1 saturated heterocycles. The fourth-order valence-corrected chi connectivity index (χ4v) is 2.24. The lowest BCUT2D eigenvalue weighted by molar-refractivity contribution is 0.0481. The summed E-state index contributed by atoms with van der Waals surface area (Å²) in [6.45, 7) is 0.971. The number of rotatable bonds is 2. The number of anilines is 1. The van der Waals surface area contributed by atoms with Crippen molar-refractivity contribution in [3.63, 3.8) is 0 Å². The third-order valence-corrected chi connectivity index (χ3v) is 3.66. The smallest absolute Gasteiger partial charge is 0.137 e. The number of piperidine rings is 1. The fourth-order valence-electron chi connectivity index (χ4n) is 1.98. The Balaban J connectivity index is 2.01. The third kappa shape index (κ3) is 2.55. The predicted molar refractivity (Wildman–Crippen MR) is 66.5 cm³/mol. The minimum atomic E-state index is -1.37. The van der Waals surface area contributed by atoms with E-state index in [1.807, 2.05) is 24.3 Å². The highest BCUT2D eigenvalue weighted by Gasteiger charge is 2.33. The maximum atomic E-state index is 13.8. The number of hydrogen-bond acceptors (Lipinski definition) is 2. The Kier molecular flexibility index (Phi) is 3.50. The number of nitrogens with zero attached hydrogens (tertiary/aromatic N) is 1. The van der Waals surface area contributed by atoms with Crippen molar-refractivity contribution in [2.24, 2.45) is 0 Å². The predicted octanol–water partition coefficient (Wildman–Crippen LogP) is 2.75. The molecule has 0 amide bonds. The van der Waals surface area contributed by atoms with Gasteiger partial charge < -0.3 is 10.0 Å². The summed E-state index contributed by atoms with van der Waals surface area (Å²) in [5, 5.41) is 8.94. The number of hydrogen-bond donors (Lipinski definition) is 1. The lowest BCUT2D eigenvalue weighted by Gasteiger charge is -2.36. The second-order valence-electron chi connectivity index (χ2n) is 4.27. The maximum absolute atomic E-state index is 13.8. The lowest BCUT2D eigenvalue weighted by atomic mass is 9.94. The summed E-state index contributed by atoms with van der Waals surface area (Å²) in [6, 6.07) is 8.01. The van der Waals surface area contributed by atoms with E-state index in [2.05, 4.69) is 20.8 Å². The molecule has 0 unspecified atom stereocenters. The van der Waals surface area contributed by atoms with Crippen molar-refractivity contribution in [3.8, 4) is 0 Å². The number of halogens is 2. The van der Waals surface area contributed by atoms with Gasteiger partial charge >= 0.3 is 0 Å². The van der Waals surface area contributed by atoms with Gasteiger partial charge in [-0.05, 0) is 24.3 Å². The van der Waals surface area contributed by atoms with Gasteiger partial charge in [-0.25, -0.2) is 4.39 Å². The van der Waals surface area contributed by atoms with E-state index >= 15 is 0 Å². The molecule has 0 aromatic heterocycles. The van der Waals surface area contributed by atoms with Crippen LogP contribution in [0.3, 0.4) is 0 Å². The zero-order valence-corrected chi connectivity index (χ0v) is 10.6. The molecule has 0 aliphatic carbocycles. The molecular weight excluding hydrogens is 273 g/mol. The minimum absolute atomic E-state index is 0.360. The molecule has 1 aliphatic rings. The normalized spacial score (nSPS) is 19.8. The van der Waals surface area contributed by atoms with E-state index in [0.29, 0.717) is 25.9 Å². The van der Waals surface area contributed by atoms with Crippen molar-refractivity contribution in [2.45, 2.75) is 18.5 Å². The second-order valence-corrected chi connectivity index (χ2v) is 5.19. The highest BCUT2D eigenvalue weighted by Crippen LogP contribution is 2.29. The topological polar surface area (TPSA) is 23.5 Å². The molecule has 16 heavy (non-hydrogen) atoms. The molecule has 1 fully saturated rings. The van der Waals surface area contributed by atoms with Gasteiger partial charge in [0.25, 0.3) is 0 Å². The molecule has 0 saturated carbocycles. The second kappa shape index (κ2) is 4.72. The van der Waals surface area contributed by atoms with E-state index in [4.69, 9.17) is 5.11 Å². The Morgan fingerprint density at radius 1 is 1.25 bits per heavy atom. The lowest BCUT2D eigenvalue weighted by Crippen LogP contribution is -2.43. The van der Waals surface area contributed by atoms with E-state index < -0.39 is 5.67 Å². The van der Waals surface area contributed by atoms with E-state index in [0.717, 1.165) is 10.2 Å². The van der Waals surface area contributed by atoms with Crippen LogP contribution in [-0.2, 0) is 0 Å². The Morgan fingerprint density at radius 2 is 1.81 bits per heavy atom. The Labute approximate surface area is 103 Å². The monoisotopic (exact) mass is 287 g/mol. The standard InChI is InChI=1S/C12H15BrFNO/c13-10-1-3-11(4-2-10)15-7-5-12(14,9-16)6-8-15/h1-4,16H,5-9H2. The molecule has 4 heteroatoms. The van der Waals surface area contributed by atoms with Crippen LogP contribution in [0, 0.1) is 0 Å². The van der Waals surface area contributed by atoms with Crippen molar-refractivity contribution in [1.29, 1.82) is 0 Å². The summed E-state index contributed by atoms with van der Waals surface area (Å²) in [5.74, 6) is 0. The maximum Gasteiger partial charge on any atom is 0.137 e. The van der Waals surface area contributed by atoms with E-state index in [-0.39, 0.29) is 6.61 Å². The molecule has 0 radical (unpaired) electrons. The van der Waals surface area contributed by atoms with Gasteiger partial charge in [0.1, 0.15) is 5.67 Å². The van der Waals surface area contributed by atoms with Crippen LogP contribution in [0.15, 0.2) is 28.7 Å². The van der Waals surface area contributed by atoms with Gasteiger partial charge in [-0.1, -0.05) is 15.9 Å². The summed E-state index contributed by atoms with van der Waals surface area (Å²) < 4.78 is 14.8. The molecular formula is C12H15BrFNO. The first kappa shape index (κ1) is 11.9. The average molecular weight is 288 g/mol. The summed E-state index contributed by atoms with van der Waals surface area (Å²) in [5.41, 5.74) is -0.255. The molecule has 2 rings (SSSR count). The van der Waals surface area contributed by atoms with Gasteiger partial charge in [-0.2, -0.15) is 0 Å². The van der Waals surface area contributed by atoms with Gasteiger partial charge in [-0.15, -0.1) is 0 Å². The molecule has 88 valence electrons. The Hall–Kier alpha value is -0.610. The molecule has 0 bridgehead atoms. The van der Waals surface area contributed by atoms with Crippen LogP contribution in [0.25, 0.3) is 0 Å². The largest absolute Gasteiger partial charge is 0.393 e. The van der Waals surface area contributed by atoms with Crippen LogP contribution in [-0.4, -0.2) is 30.5 Å². The van der Waals surface area contributed by atoms with E-state index in [1.165, 1.54) is 0 Å². The number of benzene rings is 1. The minimum Gasteiger partial charge on any atom is -0.393 e. The summed E-state index contributed by atoms with van der Waals surface area (Å²) >= 11 is 3.39. The van der Waals surface area contributed by atoms with Gasteiger partial charge in [0.2, 0.25) is 0 Å². The van der Waals surface area contributed by atoms with Crippen molar-refractivity contribution < 1.29 is 9.50 Å². The van der Waals surface area contributed by atoms with Gasteiger partial charge in [0.15, 0.2) is 0 Å². The van der Waals surface area contributed by atoms with Gasteiger partial charge in [0.05, 0.1) is 6.61 Å². The highest BCUT2D eigenvalue weighted by molar-refractivity contribution is 9.10. The number of aliphatic hydroxyl groups excluding tert-OH is 1. The van der Waals surface area contributed by atoms with Crippen LogP contribution in [0.1, 0.15) is 12.8 Å². The van der Waals surface area contributed by atoms with Gasteiger partial charge in [0, 0.05) is 36.1 Å². The van der Waals surface area contributed by atoms with Gasteiger partial charge in [-0.3, -0.25) is 0 Å². The van der Waals surface area contributed by atoms with Crippen LogP contribution in [0.2, 0.25) is 0 Å². The fraction of sp³-hybridized carbons (Fsp3) is 0.500. The van der Waals surface area contributed by atoms with Crippen LogP contribution in [0.4, 0.5) is 10.1 Å². The molecule has 1 aromatic rings. The van der Waals surface area contributed by atoms with Crippen molar-refractivity contribution in [3.05, 3.63) is 28.7 Å². The number of alkyl halides is 1. The van der Waals surface area contributed by atoms with Crippen LogP contribution < -0.4 is 4.90 Å². The zero-order valence-electron chi connectivity index (χ0n) is 9.00. The van der Waals surface area contributed by atoms with Crippen LogP contribution >= 0.6 is 15.9 Å². The molecule has 1 aliphatic heterocycles. The summed E-state index contributed by atoms with van der Waals surface area (Å²) in [4.78, 5) is 2.15. The van der Waals surface area contributed by atoms with Crippen molar-refractivity contribution in [1.82, 2.24) is 0 Å². The molecule has 1 aromatic carbocycles. The zero-order chi connectivity index (χ0) is 11.6. The first-order valence-corrected chi connectivity index (χ1v) is 6.23. The molecule has 0 spiro atoms. The first-order valence-electron chi connectivity index (χ1n) is 5.43. The molecule has 1 N–H and O–H groups in total. The Morgan fingerprint density at radius 3 is 2.31 bits per heavy atom. The highest BCUT2D eigenvalue weighted by atomic mass is 79.9.